The van der Waals surface area contributed by atoms with Gasteiger partial charge in [-0.3, -0.25) is 4.98 Å². The summed E-state index contributed by atoms with van der Waals surface area (Å²) in [6.07, 6.45) is 0.840. The van der Waals surface area contributed by atoms with Crippen molar-refractivity contribution in [3.63, 3.8) is 0 Å². The van der Waals surface area contributed by atoms with Crippen molar-refractivity contribution in [1.29, 1.82) is 0 Å². The summed E-state index contributed by atoms with van der Waals surface area (Å²) < 4.78 is 19.1. The number of hydrogen-bond donors (Lipinski definition) is 1. The number of halogens is 1. The summed E-state index contributed by atoms with van der Waals surface area (Å²) in [5.41, 5.74) is 1.38. The van der Waals surface area contributed by atoms with Crippen LogP contribution in [0, 0.1) is 12.7 Å². The second-order valence-electron chi connectivity index (χ2n) is 4.10. The van der Waals surface area contributed by atoms with E-state index in [0.29, 0.717) is 11.3 Å². The van der Waals surface area contributed by atoms with E-state index in [1.165, 1.54) is 18.3 Å². The molecule has 1 aromatic heterocycles. The lowest BCUT2D eigenvalue weighted by molar-refractivity contribution is 0.198. The van der Waals surface area contributed by atoms with E-state index in [1.807, 2.05) is 6.92 Å². The Morgan fingerprint density at radius 3 is 2.61 bits per heavy atom. The molecule has 0 saturated heterocycles. The molecule has 0 amide bonds. The second-order valence-corrected chi connectivity index (χ2v) is 4.10. The predicted molar refractivity (Wildman–Crippen MR) is 66.1 cm³/mol. The molecule has 1 heterocycles. The molecule has 0 bridgehead atoms. The fraction of sp³-hybridized carbons (Fsp3) is 0.214. The molecule has 0 unspecified atom stereocenters. The molecule has 3 nitrogen and oxygen atoms in total. The summed E-state index contributed by atoms with van der Waals surface area (Å²) in [4.78, 5) is 4.06. The highest BCUT2D eigenvalue weighted by Crippen LogP contribution is 2.26. The number of hydrogen-bond acceptors (Lipinski definition) is 3. The first-order valence-electron chi connectivity index (χ1n) is 5.64. The van der Waals surface area contributed by atoms with Crippen LogP contribution in [0.1, 0.15) is 24.3 Å². The second kappa shape index (κ2) is 5.14. The van der Waals surface area contributed by atoms with Crippen LogP contribution in [-0.4, -0.2) is 10.1 Å². The Balaban J connectivity index is 2.22. The van der Waals surface area contributed by atoms with Gasteiger partial charge in [-0.1, -0.05) is 6.07 Å². The minimum absolute atomic E-state index is 0.116. The van der Waals surface area contributed by atoms with E-state index in [9.17, 15) is 9.50 Å². The van der Waals surface area contributed by atoms with Crippen LogP contribution in [-0.2, 0) is 0 Å². The quantitative estimate of drug-likeness (QED) is 0.904. The number of aryl methyl sites for hydroxylation is 1. The molecule has 2 aromatic rings. The van der Waals surface area contributed by atoms with E-state index >= 15 is 0 Å². The van der Waals surface area contributed by atoms with Crippen LogP contribution in [0.3, 0.4) is 0 Å². The van der Waals surface area contributed by atoms with Gasteiger partial charge in [0.2, 0.25) is 0 Å². The third-order valence-electron chi connectivity index (χ3n) is 2.55. The van der Waals surface area contributed by atoms with Gasteiger partial charge in [-0.2, -0.15) is 0 Å². The molecule has 0 fully saturated rings. The fourth-order valence-corrected chi connectivity index (χ4v) is 1.50. The standard InChI is InChI=1S/C14H14FNO2/c1-9-3-5-12(8-16-9)18-14-6-4-11(10(2)17)7-13(14)15/h3-8,10,17H,1-2H3/t10-/m0/s1. The van der Waals surface area contributed by atoms with E-state index in [0.717, 1.165) is 5.69 Å². The van der Waals surface area contributed by atoms with Gasteiger partial charge in [0.25, 0.3) is 0 Å². The molecule has 0 radical (unpaired) electrons. The van der Waals surface area contributed by atoms with Crippen LogP contribution in [0.4, 0.5) is 4.39 Å². The molecule has 1 aromatic carbocycles. The van der Waals surface area contributed by atoms with Crippen molar-refractivity contribution >= 4 is 0 Å². The first-order valence-corrected chi connectivity index (χ1v) is 5.64. The molecular weight excluding hydrogens is 233 g/mol. The number of aliphatic hydroxyl groups is 1. The largest absolute Gasteiger partial charge is 0.453 e. The zero-order valence-corrected chi connectivity index (χ0v) is 10.2. The highest BCUT2D eigenvalue weighted by molar-refractivity contribution is 5.34. The average molecular weight is 247 g/mol. The lowest BCUT2D eigenvalue weighted by Gasteiger charge is -2.09. The zero-order chi connectivity index (χ0) is 13.1. The van der Waals surface area contributed by atoms with E-state index in [-0.39, 0.29) is 5.75 Å². The maximum atomic E-state index is 13.7. The average Bonchev–Trinajstić information content (AvgIpc) is 2.34. The van der Waals surface area contributed by atoms with Crippen LogP contribution in [0.2, 0.25) is 0 Å². The van der Waals surface area contributed by atoms with Crippen molar-refractivity contribution in [2.75, 3.05) is 0 Å². The van der Waals surface area contributed by atoms with Crippen LogP contribution in [0.5, 0.6) is 11.5 Å². The maximum absolute atomic E-state index is 13.7. The predicted octanol–water partition coefficient (Wildman–Crippen LogP) is 3.37. The normalized spacial score (nSPS) is 12.2. The third-order valence-corrected chi connectivity index (χ3v) is 2.55. The Bertz CT molecular complexity index is 538. The number of nitrogens with zero attached hydrogens (tertiary/aromatic N) is 1. The lowest BCUT2D eigenvalue weighted by Crippen LogP contribution is -1.95. The topological polar surface area (TPSA) is 42.4 Å². The van der Waals surface area contributed by atoms with Crippen LogP contribution in [0.25, 0.3) is 0 Å². The van der Waals surface area contributed by atoms with Crippen molar-refractivity contribution in [2.24, 2.45) is 0 Å². The van der Waals surface area contributed by atoms with Gasteiger partial charge in [0, 0.05) is 5.69 Å². The van der Waals surface area contributed by atoms with Crippen LogP contribution in [0.15, 0.2) is 36.5 Å². The van der Waals surface area contributed by atoms with Crippen molar-refractivity contribution in [3.05, 3.63) is 53.6 Å². The SMILES string of the molecule is Cc1ccc(Oc2ccc([C@H](C)O)cc2F)cn1. The Labute approximate surface area is 105 Å². The van der Waals surface area contributed by atoms with Crippen LogP contribution >= 0.6 is 0 Å². The Morgan fingerprint density at radius 2 is 2.06 bits per heavy atom. The maximum Gasteiger partial charge on any atom is 0.166 e. The number of rotatable bonds is 3. The molecule has 0 spiro atoms. The van der Waals surface area contributed by atoms with Gasteiger partial charge in [-0.25, -0.2) is 4.39 Å². The van der Waals surface area contributed by atoms with Gasteiger partial charge in [0.05, 0.1) is 12.3 Å². The van der Waals surface area contributed by atoms with Crippen molar-refractivity contribution in [2.45, 2.75) is 20.0 Å². The molecular formula is C14H14FNO2. The number of pyridine rings is 1. The molecule has 2 rings (SSSR count). The Kier molecular flexibility index (Phi) is 3.58. The van der Waals surface area contributed by atoms with Gasteiger partial charge in [-0.05, 0) is 43.7 Å². The monoisotopic (exact) mass is 247 g/mol. The number of ether oxygens (including phenoxy) is 1. The van der Waals surface area contributed by atoms with Gasteiger partial charge in [0.15, 0.2) is 11.6 Å². The zero-order valence-electron chi connectivity index (χ0n) is 10.2. The van der Waals surface area contributed by atoms with Gasteiger partial charge < -0.3 is 9.84 Å². The Hall–Kier alpha value is -1.94. The third kappa shape index (κ3) is 2.84. The molecule has 0 aliphatic rings. The fourth-order valence-electron chi connectivity index (χ4n) is 1.50. The summed E-state index contributed by atoms with van der Waals surface area (Å²) in [5, 5.41) is 9.34. The highest BCUT2D eigenvalue weighted by Gasteiger charge is 2.08. The molecule has 94 valence electrons. The van der Waals surface area contributed by atoms with Crippen molar-refractivity contribution in [3.8, 4) is 11.5 Å². The lowest BCUT2D eigenvalue weighted by atomic mass is 10.1. The molecule has 18 heavy (non-hydrogen) atoms. The first kappa shape index (κ1) is 12.5. The summed E-state index contributed by atoms with van der Waals surface area (Å²) >= 11 is 0. The molecule has 1 N–H and O–H groups in total. The van der Waals surface area contributed by atoms with Gasteiger partial charge in [0.1, 0.15) is 5.75 Å². The molecule has 0 aliphatic heterocycles. The molecule has 0 aliphatic carbocycles. The molecule has 1 atom stereocenters. The smallest absolute Gasteiger partial charge is 0.166 e. The van der Waals surface area contributed by atoms with E-state index in [2.05, 4.69) is 4.98 Å². The van der Waals surface area contributed by atoms with Crippen LogP contribution < -0.4 is 4.74 Å². The highest BCUT2D eigenvalue weighted by atomic mass is 19.1. The number of aliphatic hydroxyl groups excluding tert-OH is 1. The summed E-state index contributed by atoms with van der Waals surface area (Å²) in [6, 6.07) is 7.91. The van der Waals surface area contributed by atoms with E-state index in [1.54, 1.807) is 25.1 Å². The summed E-state index contributed by atoms with van der Waals surface area (Å²) in [5.74, 6) is 0.0864. The van der Waals surface area contributed by atoms with Crippen molar-refractivity contribution in [1.82, 2.24) is 4.98 Å². The molecule has 4 heteroatoms. The molecule has 0 saturated carbocycles. The minimum atomic E-state index is -0.699. The van der Waals surface area contributed by atoms with Gasteiger partial charge >= 0.3 is 0 Å². The van der Waals surface area contributed by atoms with Gasteiger partial charge in [-0.15, -0.1) is 0 Å². The van der Waals surface area contributed by atoms with E-state index < -0.39 is 11.9 Å². The minimum Gasteiger partial charge on any atom is -0.453 e. The number of benzene rings is 1. The van der Waals surface area contributed by atoms with Crippen molar-refractivity contribution < 1.29 is 14.2 Å². The summed E-state index contributed by atoms with van der Waals surface area (Å²) in [6.45, 7) is 3.45. The first-order chi connectivity index (χ1) is 8.56. The number of aromatic nitrogens is 1. The Morgan fingerprint density at radius 1 is 1.28 bits per heavy atom. The van der Waals surface area contributed by atoms with E-state index in [4.69, 9.17) is 4.74 Å². The summed E-state index contributed by atoms with van der Waals surface area (Å²) in [7, 11) is 0.